The van der Waals surface area contributed by atoms with Crippen LogP contribution in [0.2, 0.25) is 0 Å². The maximum atomic E-state index is 13.0. The maximum absolute atomic E-state index is 13.0. The first-order chi connectivity index (χ1) is 11.8. The van der Waals surface area contributed by atoms with Crippen molar-refractivity contribution in [2.24, 2.45) is 0 Å². The van der Waals surface area contributed by atoms with E-state index in [0.29, 0.717) is 22.4 Å². The van der Waals surface area contributed by atoms with Crippen LogP contribution < -0.4 is 4.74 Å². The van der Waals surface area contributed by atoms with E-state index in [-0.39, 0.29) is 23.2 Å². The second-order valence-corrected chi connectivity index (χ2v) is 5.83. The molecular formula is C20H21FO4. The SMILES string of the molecule is CCC(C)Oc1cc(O)c(C(=O)O)c(C=Cc2ccc(F)cc2)c1C. The van der Waals surface area contributed by atoms with Crippen molar-refractivity contribution >= 4 is 18.1 Å². The lowest BCUT2D eigenvalue weighted by Crippen LogP contribution is -2.12. The van der Waals surface area contributed by atoms with Crippen molar-refractivity contribution in [1.82, 2.24) is 0 Å². The molecule has 5 heteroatoms. The molecule has 0 saturated heterocycles. The normalized spacial score (nSPS) is 12.3. The molecule has 0 fully saturated rings. The number of phenols is 1. The van der Waals surface area contributed by atoms with Gasteiger partial charge in [-0.3, -0.25) is 0 Å². The van der Waals surface area contributed by atoms with E-state index >= 15 is 0 Å². The van der Waals surface area contributed by atoms with E-state index in [2.05, 4.69) is 0 Å². The van der Waals surface area contributed by atoms with Crippen LogP contribution in [-0.2, 0) is 0 Å². The molecule has 25 heavy (non-hydrogen) atoms. The third-order valence-corrected chi connectivity index (χ3v) is 4.00. The number of rotatable bonds is 6. The van der Waals surface area contributed by atoms with Gasteiger partial charge < -0.3 is 14.9 Å². The van der Waals surface area contributed by atoms with Crippen LogP contribution in [0, 0.1) is 12.7 Å². The Labute approximate surface area is 146 Å². The fourth-order valence-electron chi connectivity index (χ4n) is 2.37. The van der Waals surface area contributed by atoms with E-state index in [1.165, 1.54) is 18.2 Å². The summed E-state index contributed by atoms with van der Waals surface area (Å²) < 4.78 is 18.8. The molecule has 2 N–H and O–H groups in total. The van der Waals surface area contributed by atoms with E-state index in [0.717, 1.165) is 6.42 Å². The van der Waals surface area contributed by atoms with E-state index in [9.17, 15) is 19.4 Å². The molecule has 2 rings (SSSR count). The Morgan fingerprint density at radius 3 is 2.48 bits per heavy atom. The maximum Gasteiger partial charge on any atom is 0.340 e. The summed E-state index contributed by atoms with van der Waals surface area (Å²) in [7, 11) is 0. The van der Waals surface area contributed by atoms with Gasteiger partial charge in [0.2, 0.25) is 0 Å². The van der Waals surface area contributed by atoms with Crippen molar-refractivity contribution in [1.29, 1.82) is 0 Å². The third kappa shape index (κ3) is 4.38. The highest BCUT2D eigenvalue weighted by molar-refractivity contribution is 5.97. The largest absolute Gasteiger partial charge is 0.507 e. The van der Waals surface area contributed by atoms with Crippen LogP contribution in [-0.4, -0.2) is 22.3 Å². The standard InChI is InChI=1S/C20H21FO4/c1-4-12(2)25-18-11-17(22)19(20(23)24)16(13(18)3)10-7-14-5-8-15(21)9-6-14/h5-12,22H,4H2,1-3H3,(H,23,24). The van der Waals surface area contributed by atoms with Crippen molar-refractivity contribution in [3.05, 3.63) is 58.4 Å². The molecule has 0 amide bonds. The fraction of sp³-hybridized carbons (Fsp3) is 0.250. The topological polar surface area (TPSA) is 66.8 Å². The van der Waals surface area contributed by atoms with E-state index in [1.807, 2.05) is 13.8 Å². The first-order valence-corrected chi connectivity index (χ1v) is 8.03. The van der Waals surface area contributed by atoms with E-state index in [1.54, 1.807) is 31.2 Å². The second kappa shape index (κ2) is 7.83. The molecule has 0 aliphatic carbocycles. The molecule has 4 nitrogen and oxygen atoms in total. The number of ether oxygens (including phenoxy) is 1. The summed E-state index contributed by atoms with van der Waals surface area (Å²) in [5, 5.41) is 19.6. The Morgan fingerprint density at radius 1 is 1.28 bits per heavy atom. The van der Waals surface area contributed by atoms with Crippen LogP contribution in [0.5, 0.6) is 11.5 Å². The van der Waals surface area contributed by atoms with Gasteiger partial charge >= 0.3 is 5.97 Å². The molecule has 0 spiro atoms. The molecule has 0 heterocycles. The van der Waals surface area contributed by atoms with Gasteiger partial charge in [0.15, 0.2) is 0 Å². The zero-order chi connectivity index (χ0) is 18.6. The highest BCUT2D eigenvalue weighted by atomic mass is 19.1. The van der Waals surface area contributed by atoms with Crippen molar-refractivity contribution in [3.8, 4) is 11.5 Å². The van der Waals surface area contributed by atoms with Gasteiger partial charge in [-0.25, -0.2) is 9.18 Å². The van der Waals surface area contributed by atoms with Gasteiger partial charge in [0.1, 0.15) is 22.9 Å². The molecule has 132 valence electrons. The Hall–Kier alpha value is -2.82. The number of carboxylic acid groups (broad SMARTS) is 1. The molecule has 0 bridgehead atoms. The van der Waals surface area contributed by atoms with Gasteiger partial charge in [-0.2, -0.15) is 0 Å². The highest BCUT2D eigenvalue weighted by Crippen LogP contribution is 2.34. The average molecular weight is 344 g/mol. The highest BCUT2D eigenvalue weighted by Gasteiger charge is 2.20. The Balaban J connectivity index is 2.52. The Morgan fingerprint density at radius 2 is 1.92 bits per heavy atom. The van der Waals surface area contributed by atoms with Crippen molar-refractivity contribution in [3.63, 3.8) is 0 Å². The van der Waals surface area contributed by atoms with Gasteiger partial charge in [0.05, 0.1) is 6.10 Å². The summed E-state index contributed by atoms with van der Waals surface area (Å²) in [6.45, 7) is 5.62. The number of halogens is 1. The predicted octanol–water partition coefficient (Wildman–Crippen LogP) is 4.89. The molecule has 0 saturated carbocycles. The molecule has 2 aromatic rings. The lowest BCUT2D eigenvalue weighted by atomic mass is 9.98. The fourth-order valence-corrected chi connectivity index (χ4v) is 2.37. The van der Waals surface area contributed by atoms with Crippen LogP contribution in [0.1, 0.15) is 47.3 Å². The Kier molecular flexibility index (Phi) is 5.80. The summed E-state index contributed by atoms with van der Waals surface area (Å²) in [4.78, 5) is 11.6. The first kappa shape index (κ1) is 18.5. The molecule has 1 atom stereocenters. The zero-order valence-corrected chi connectivity index (χ0v) is 14.4. The molecule has 0 aromatic heterocycles. The van der Waals surface area contributed by atoms with Crippen molar-refractivity contribution in [2.75, 3.05) is 0 Å². The number of benzene rings is 2. The van der Waals surface area contributed by atoms with Crippen LogP contribution in [0.25, 0.3) is 12.2 Å². The smallest absolute Gasteiger partial charge is 0.340 e. The van der Waals surface area contributed by atoms with Gasteiger partial charge in [-0.1, -0.05) is 31.2 Å². The Bertz CT molecular complexity index is 794. The van der Waals surface area contributed by atoms with Gasteiger partial charge in [0.25, 0.3) is 0 Å². The summed E-state index contributed by atoms with van der Waals surface area (Å²) in [5.41, 5.74) is 1.50. The summed E-state index contributed by atoms with van der Waals surface area (Å²) in [5.74, 6) is -1.48. The number of hydrogen-bond acceptors (Lipinski definition) is 3. The predicted molar refractivity (Wildman–Crippen MR) is 95.5 cm³/mol. The molecule has 2 aromatic carbocycles. The number of carboxylic acids is 1. The van der Waals surface area contributed by atoms with Gasteiger partial charge in [0, 0.05) is 6.07 Å². The summed E-state index contributed by atoms with van der Waals surface area (Å²) in [6.07, 6.45) is 3.97. The number of hydrogen-bond donors (Lipinski definition) is 2. The quantitative estimate of drug-likeness (QED) is 0.733. The van der Waals surface area contributed by atoms with Crippen LogP contribution >= 0.6 is 0 Å². The molecular weight excluding hydrogens is 323 g/mol. The van der Waals surface area contributed by atoms with Crippen LogP contribution in [0.3, 0.4) is 0 Å². The second-order valence-electron chi connectivity index (χ2n) is 5.83. The monoisotopic (exact) mass is 344 g/mol. The van der Waals surface area contributed by atoms with Crippen molar-refractivity contribution in [2.45, 2.75) is 33.3 Å². The molecule has 0 aliphatic heterocycles. The lowest BCUT2D eigenvalue weighted by Gasteiger charge is -2.18. The van der Waals surface area contributed by atoms with Gasteiger partial charge in [-0.15, -0.1) is 0 Å². The van der Waals surface area contributed by atoms with Crippen LogP contribution in [0.4, 0.5) is 4.39 Å². The average Bonchev–Trinajstić information content (AvgIpc) is 2.57. The minimum atomic E-state index is -1.23. The van der Waals surface area contributed by atoms with E-state index in [4.69, 9.17) is 4.74 Å². The third-order valence-electron chi connectivity index (χ3n) is 4.00. The minimum Gasteiger partial charge on any atom is -0.507 e. The zero-order valence-electron chi connectivity index (χ0n) is 14.4. The first-order valence-electron chi connectivity index (χ1n) is 8.03. The van der Waals surface area contributed by atoms with Gasteiger partial charge in [-0.05, 0) is 49.1 Å². The number of aromatic hydroxyl groups is 1. The lowest BCUT2D eigenvalue weighted by molar-refractivity contribution is 0.0693. The summed E-state index contributed by atoms with van der Waals surface area (Å²) >= 11 is 0. The minimum absolute atomic E-state index is 0.0669. The number of carbonyl (C=O) groups is 1. The number of aromatic carboxylic acids is 1. The summed E-state index contributed by atoms with van der Waals surface area (Å²) in [6, 6.07) is 7.15. The van der Waals surface area contributed by atoms with E-state index < -0.39 is 5.97 Å². The molecule has 0 aliphatic rings. The molecule has 0 radical (unpaired) electrons. The van der Waals surface area contributed by atoms with Crippen LogP contribution in [0.15, 0.2) is 30.3 Å². The molecule has 1 unspecified atom stereocenters. The van der Waals surface area contributed by atoms with Crippen molar-refractivity contribution < 1.29 is 24.1 Å².